The number of morpholine rings is 1. The van der Waals surface area contributed by atoms with Gasteiger partial charge in [-0.25, -0.2) is 0 Å². The minimum atomic E-state index is 0.622. The maximum absolute atomic E-state index is 5.48. The topological polar surface area (TPSA) is 49.3 Å². The van der Waals surface area contributed by atoms with Gasteiger partial charge in [0, 0.05) is 45.3 Å². The lowest BCUT2D eigenvalue weighted by Gasteiger charge is -2.32. The maximum atomic E-state index is 5.48. The monoisotopic (exact) mass is 360 g/mol. The second-order valence-corrected chi connectivity index (χ2v) is 6.83. The summed E-state index contributed by atoms with van der Waals surface area (Å²) < 4.78 is 10.9. The van der Waals surface area contributed by atoms with Crippen LogP contribution in [-0.4, -0.2) is 81.4 Å². The largest absolute Gasteiger partial charge is 0.496 e. The smallest absolute Gasteiger partial charge is 0.193 e. The first-order valence-corrected chi connectivity index (χ1v) is 9.78. The van der Waals surface area contributed by atoms with Crippen LogP contribution in [0.1, 0.15) is 18.9 Å². The number of methoxy groups -OCH3 is 1. The fourth-order valence-electron chi connectivity index (χ4n) is 3.79. The van der Waals surface area contributed by atoms with Gasteiger partial charge < -0.3 is 19.7 Å². The molecule has 144 valence electrons. The molecule has 0 amide bonds. The third-order valence-electron chi connectivity index (χ3n) is 5.20. The first kappa shape index (κ1) is 19.0. The SMILES string of the molecule is CCNC(=NCCc1ccccc1OC)N1CCC(N2CCOCC2)C1. The van der Waals surface area contributed by atoms with E-state index in [1.165, 1.54) is 12.0 Å². The summed E-state index contributed by atoms with van der Waals surface area (Å²) >= 11 is 0. The van der Waals surface area contributed by atoms with Crippen molar-refractivity contribution < 1.29 is 9.47 Å². The highest BCUT2D eigenvalue weighted by molar-refractivity contribution is 5.80. The van der Waals surface area contributed by atoms with Crippen LogP contribution in [0, 0.1) is 0 Å². The minimum Gasteiger partial charge on any atom is -0.496 e. The molecule has 0 spiro atoms. The molecule has 0 bridgehead atoms. The van der Waals surface area contributed by atoms with Gasteiger partial charge in [0.2, 0.25) is 0 Å². The van der Waals surface area contributed by atoms with E-state index in [1.54, 1.807) is 7.11 Å². The molecule has 1 unspecified atom stereocenters. The molecule has 3 rings (SSSR count). The molecule has 26 heavy (non-hydrogen) atoms. The summed E-state index contributed by atoms with van der Waals surface area (Å²) in [5, 5.41) is 3.46. The van der Waals surface area contributed by atoms with Gasteiger partial charge in [-0.15, -0.1) is 0 Å². The number of benzene rings is 1. The van der Waals surface area contributed by atoms with E-state index in [0.29, 0.717) is 6.04 Å². The summed E-state index contributed by atoms with van der Waals surface area (Å²) in [7, 11) is 1.72. The Morgan fingerprint density at radius 3 is 2.85 bits per heavy atom. The van der Waals surface area contributed by atoms with Crippen LogP contribution in [0.2, 0.25) is 0 Å². The van der Waals surface area contributed by atoms with Crippen LogP contribution >= 0.6 is 0 Å². The Balaban J connectivity index is 1.57. The quantitative estimate of drug-likeness (QED) is 0.617. The van der Waals surface area contributed by atoms with E-state index in [-0.39, 0.29) is 0 Å². The van der Waals surface area contributed by atoms with E-state index >= 15 is 0 Å². The molecule has 1 aromatic carbocycles. The summed E-state index contributed by atoms with van der Waals surface area (Å²) in [6.07, 6.45) is 2.09. The third-order valence-corrected chi connectivity index (χ3v) is 5.20. The first-order chi connectivity index (χ1) is 12.8. The fourth-order valence-corrected chi connectivity index (χ4v) is 3.79. The molecular weight excluding hydrogens is 328 g/mol. The molecule has 0 saturated carbocycles. The second-order valence-electron chi connectivity index (χ2n) is 6.83. The average Bonchev–Trinajstić information content (AvgIpc) is 3.18. The highest BCUT2D eigenvalue weighted by Gasteiger charge is 2.30. The van der Waals surface area contributed by atoms with Gasteiger partial charge in [-0.1, -0.05) is 18.2 Å². The Bertz CT molecular complexity index is 587. The predicted molar refractivity (Wildman–Crippen MR) is 105 cm³/mol. The number of hydrogen-bond acceptors (Lipinski definition) is 4. The first-order valence-electron chi connectivity index (χ1n) is 9.78. The van der Waals surface area contributed by atoms with Crippen molar-refractivity contribution in [3.05, 3.63) is 29.8 Å². The van der Waals surface area contributed by atoms with Crippen molar-refractivity contribution in [3.8, 4) is 5.75 Å². The summed E-state index contributed by atoms with van der Waals surface area (Å²) in [6.45, 7) is 9.76. The predicted octanol–water partition coefficient (Wildman–Crippen LogP) is 1.61. The van der Waals surface area contributed by atoms with Crippen LogP contribution < -0.4 is 10.1 Å². The number of ether oxygens (including phenoxy) is 2. The van der Waals surface area contributed by atoms with Crippen molar-refractivity contribution in [2.24, 2.45) is 4.99 Å². The van der Waals surface area contributed by atoms with Crippen molar-refractivity contribution in [2.75, 3.05) is 59.6 Å². The average molecular weight is 361 g/mol. The Labute approximate surface area is 157 Å². The van der Waals surface area contributed by atoms with E-state index in [2.05, 4.69) is 34.2 Å². The van der Waals surface area contributed by atoms with E-state index in [0.717, 1.165) is 70.6 Å². The maximum Gasteiger partial charge on any atom is 0.193 e. The molecule has 6 nitrogen and oxygen atoms in total. The molecule has 2 heterocycles. The molecular formula is C20H32N4O2. The minimum absolute atomic E-state index is 0.622. The van der Waals surface area contributed by atoms with Crippen molar-refractivity contribution in [1.82, 2.24) is 15.1 Å². The van der Waals surface area contributed by atoms with Gasteiger partial charge in [0.1, 0.15) is 5.75 Å². The lowest BCUT2D eigenvalue weighted by Crippen LogP contribution is -2.46. The van der Waals surface area contributed by atoms with Gasteiger partial charge in [0.25, 0.3) is 0 Å². The van der Waals surface area contributed by atoms with Crippen LogP contribution in [0.5, 0.6) is 5.75 Å². The third kappa shape index (κ3) is 4.89. The van der Waals surface area contributed by atoms with Gasteiger partial charge in [-0.3, -0.25) is 9.89 Å². The molecule has 0 aromatic heterocycles. The Kier molecular flexibility index (Phi) is 7.14. The van der Waals surface area contributed by atoms with Crippen LogP contribution in [0.3, 0.4) is 0 Å². The molecule has 1 atom stereocenters. The summed E-state index contributed by atoms with van der Waals surface area (Å²) in [4.78, 5) is 9.86. The Hall–Kier alpha value is -1.79. The van der Waals surface area contributed by atoms with Gasteiger partial charge >= 0.3 is 0 Å². The highest BCUT2D eigenvalue weighted by Crippen LogP contribution is 2.19. The Morgan fingerprint density at radius 1 is 1.27 bits per heavy atom. The number of nitrogens with zero attached hydrogens (tertiary/aromatic N) is 3. The number of aliphatic imine (C=N–C) groups is 1. The number of para-hydroxylation sites is 1. The number of nitrogens with one attached hydrogen (secondary N) is 1. The normalized spacial score (nSPS) is 21.8. The molecule has 6 heteroatoms. The van der Waals surface area contributed by atoms with Crippen LogP contribution in [0.4, 0.5) is 0 Å². The van der Waals surface area contributed by atoms with Crippen LogP contribution in [0.25, 0.3) is 0 Å². The van der Waals surface area contributed by atoms with E-state index < -0.39 is 0 Å². The number of guanidine groups is 1. The van der Waals surface area contributed by atoms with Gasteiger partial charge in [-0.2, -0.15) is 0 Å². The summed E-state index contributed by atoms with van der Waals surface area (Å²) in [6, 6.07) is 8.81. The van der Waals surface area contributed by atoms with E-state index in [4.69, 9.17) is 14.5 Å². The van der Waals surface area contributed by atoms with Crippen molar-refractivity contribution in [3.63, 3.8) is 0 Å². The van der Waals surface area contributed by atoms with Crippen molar-refractivity contribution in [1.29, 1.82) is 0 Å². The lowest BCUT2D eigenvalue weighted by atomic mass is 10.1. The Morgan fingerprint density at radius 2 is 2.08 bits per heavy atom. The van der Waals surface area contributed by atoms with Crippen LogP contribution in [0.15, 0.2) is 29.3 Å². The fraction of sp³-hybridized carbons (Fsp3) is 0.650. The molecule has 0 radical (unpaired) electrons. The molecule has 1 aromatic rings. The van der Waals surface area contributed by atoms with Gasteiger partial charge in [0.05, 0.1) is 20.3 Å². The molecule has 2 saturated heterocycles. The van der Waals surface area contributed by atoms with Crippen molar-refractivity contribution >= 4 is 5.96 Å². The van der Waals surface area contributed by atoms with E-state index in [9.17, 15) is 0 Å². The van der Waals surface area contributed by atoms with Crippen molar-refractivity contribution in [2.45, 2.75) is 25.8 Å². The summed E-state index contributed by atoms with van der Waals surface area (Å²) in [5.41, 5.74) is 1.21. The number of hydrogen-bond donors (Lipinski definition) is 1. The molecule has 2 fully saturated rings. The molecule has 2 aliphatic heterocycles. The van der Waals surface area contributed by atoms with Gasteiger partial charge in [0.15, 0.2) is 5.96 Å². The standard InChI is InChI=1S/C20H32N4O2/c1-3-21-20(22-10-8-17-6-4-5-7-19(17)25-2)24-11-9-18(16-24)23-12-14-26-15-13-23/h4-7,18H,3,8-16H2,1-2H3,(H,21,22). The molecule has 2 aliphatic rings. The zero-order valence-corrected chi connectivity index (χ0v) is 16.1. The highest BCUT2D eigenvalue weighted by atomic mass is 16.5. The number of likely N-dealkylation sites (tertiary alicyclic amines) is 1. The van der Waals surface area contributed by atoms with Gasteiger partial charge in [-0.05, 0) is 31.4 Å². The van der Waals surface area contributed by atoms with Crippen LogP contribution in [-0.2, 0) is 11.2 Å². The molecule has 1 N–H and O–H groups in total. The lowest BCUT2D eigenvalue weighted by molar-refractivity contribution is 0.0195. The number of rotatable bonds is 6. The molecule has 0 aliphatic carbocycles. The second kappa shape index (κ2) is 9.78. The van der Waals surface area contributed by atoms with E-state index in [1.807, 2.05) is 12.1 Å². The zero-order valence-electron chi connectivity index (χ0n) is 16.1. The zero-order chi connectivity index (χ0) is 18.2. The summed E-state index contributed by atoms with van der Waals surface area (Å²) in [5.74, 6) is 1.99.